The molecule has 8 heterocycles. The average molecular weight is 794 g/mol. The summed E-state index contributed by atoms with van der Waals surface area (Å²) in [5, 5.41) is 37.2. The number of nitrogens with zero attached hydrogens (tertiary/aromatic N) is 3. The molecule has 0 aliphatic carbocycles. The largest absolute Gasteiger partial charge is 0.504 e. The summed E-state index contributed by atoms with van der Waals surface area (Å²) in [5.41, 5.74) is 6.46. The SMILES string of the molecule is COc1c(C)cc2c(c1O)[C@@H]1[C@@H]3[C@@H]4SC[C@]5(NCCc6c5[nH]c5ccc(CO)cc65)C(=O)OCC(c5c6c(c(C)c(OC(C)=O)c54)OCO6)N3[C@@H](C#N)[C@H](C2)N1C. The number of carbonyl (C=O) groups excluding carboxylic acids is 2. The maximum absolute atomic E-state index is 14.9. The van der Waals surface area contributed by atoms with Gasteiger partial charge in [-0.3, -0.25) is 19.9 Å². The number of methoxy groups -OCH3 is 1. The Morgan fingerprint density at radius 2 is 1.95 bits per heavy atom. The van der Waals surface area contributed by atoms with Gasteiger partial charge in [0, 0.05) is 64.5 Å². The number of aromatic amines is 1. The number of hydrogen-bond donors (Lipinski definition) is 4. The molecule has 296 valence electrons. The van der Waals surface area contributed by atoms with E-state index < -0.39 is 46.9 Å². The number of aromatic hydroxyl groups is 1. The topological polar surface area (TPSA) is 179 Å². The monoisotopic (exact) mass is 793 g/mol. The fourth-order valence-electron chi connectivity index (χ4n) is 10.8. The molecule has 11 rings (SSSR count). The molecular formula is C42H43N5O9S. The lowest BCUT2D eigenvalue weighted by Gasteiger charge is -2.62. The maximum atomic E-state index is 14.9. The zero-order chi connectivity index (χ0) is 39.7. The molecule has 15 heteroatoms. The summed E-state index contributed by atoms with van der Waals surface area (Å²) in [6.07, 6.45) is 1.15. The van der Waals surface area contributed by atoms with E-state index in [1.165, 1.54) is 18.7 Å². The van der Waals surface area contributed by atoms with Crippen LogP contribution in [-0.4, -0.2) is 94.9 Å². The first-order chi connectivity index (χ1) is 27.5. The van der Waals surface area contributed by atoms with E-state index in [1.54, 1.807) is 7.11 Å². The van der Waals surface area contributed by atoms with E-state index in [0.717, 1.165) is 38.7 Å². The molecule has 57 heavy (non-hydrogen) atoms. The van der Waals surface area contributed by atoms with E-state index >= 15 is 0 Å². The van der Waals surface area contributed by atoms with Crippen LogP contribution in [-0.2, 0) is 39.3 Å². The first-order valence-corrected chi connectivity index (χ1v) is 20.3. The summed E-state index contributed by atoms with van der Waals surface area (Å²) in [7, 11) is 3.55. The van der Waals surface area contributed by atoms with Gasteiger partial charge in [0.15, 0.2) is 28.5 Å². The predicted octanol–water partition coefficient (Wildman–Crippen LogP) is 4.25. The fraction of sp³-hybridized carbons (Fsp3) is 0.452. The van der Waals surface area contributed by atoms with Gasteiger partial charge in [-0.2, -0.15) is 5.26 Å². The second kappa shape index (κ2) is 13.0. The average Bonchev–Trinajstić information content (AvgIpc) is 3.84. The summed E-state index contributed by atoms with van der Waals surface area (Å²) in [5.74, 6) is 0.954. The van der Waals surface area contributed by atoms with Crippen molar-refractivity contribution in [1.29, 1.82) is 5.26 Å². The van der Waals surface area contributed by atoms with Gasteiger partial charge in [-0.05, 0) is 68.1 Å². The van der Waals surface area contributed by atoms with Gasteiger partial charge in [0.05, 0.1) is 42.8 Å². The quantitative estimate of drug-likeness (QED) is 0.171. The number of piperazine rings is 1. The fourth-order valence-corrected chi connectivity index (χ4v) is 12.5. The van der Waals surface area contributed by atoms with E-state index in [4.69, 9.17) is 23.7 Å². The van der Waals surface area contributed by atoms with E-state index in [2.05, 4.69) is 32.2 Å². The van der Waals surface area contributed by atoms with Gasteiger partial charge in [-0.15, -0.1) is 11.8 Å². The molecule has 4 N–H and O–H groups in total. The smallest absolute Gasteiger partial charge is 0.333 e. The van der Waals surface area contributed by atoms with Crippen LogP contribution in [0.4, 0.5) is 0 Å². The highest BCUT2D eigenvalue weighted by atomic mass is 32.2. The van der Waals surface area contributed by atoms with Crippen molar-refractivity contribution in [2.45, 2.75) is 81.2 Å². The number of nitrogens with one attached hydrogen (secondary N) is 2. The molecule has 2 saturated heterocycles. The number of nitriles is 1. The molecule has 7 aliphatic rings. The molecule has 3 aromatic carbocycles. The van der Waals surface area contributed by atoms with E-state index in [-0.39, 0.29) is 37.6 Å². The van der Waals surface area contributed by atoms with Crippen LogP contribution in [0.25, 0.3) is 10.9 Å². The van der Waals surface area contributed by atoms with Crippen LogP contribution < -0.4 is 24.3 Å². The van der Waals surface area contributed by atoms with Crippen molar-refractivity contribution in [3.8, 4) is 34.8 Å². The Balaban J connectivity index is 1.24. The molecule has 0 radical (unpaired) electrons. The molecule has 7 aliphatic heterocycles. The first-order valence-electron chi connectivity index (χ1n) is 19.2. The number of aromatic nitrogens is 1. The highest BCUT2D eigenvalue weighted by molar-refractivity contribution is 7.99. The zero-order valence-corrected chi connectivity index (χ0v) is 33.0. The number of fused-ring (bicyclic) bond motifs is 11. The third-order valence-electron chi connectivity index (χ3n) is 13.1. The first kappa shape index (κ1) is 36.4. The van der Waals surface area contributed by atoms with Gasteiger partial charge < -0.3 is 38.9 Å². The van der Waals surface area contributed by atoms with Crippen LogP contribution >= 0.6 is 11.8 Å². The van der Waals surface area contributed by atoms with Crippen LogP contribution in [0.1, 0.15) is 74.5 Å². The zero-order valence-electron chi connectivity index (χ0n) is 32.2. The number of thioether (sulfide) groups is 1. The van der Waals surface area contributed by atoms with Gasteiger partial charge in [-0.25, -0.2) is 4.79 Å². The number of likely N-dealkylation sites (N-methyl/N-ethyl adjacent to an activating group) is 1. The highest BCUT2D eigenvalue weighted by Gasteiger charge is 2.62. The molecule has 2 fully saturated rings. The normalized spacial score (nSPS) is 28.5. The predicted molar refractivity (Wildman–Crippen MR) is 208 cm³/mol. The minimum absolute atomic E-state index is 0.0515. The summed E-state index contributed by atoms with van der Waals surface area (Å²) < 4.78 is 30.8. The summed E-state index contributed by atoms with van der Waals surface area (Å²) in [4.78, 5) is 35.8. The molecular weight excluding hydrogens is 751 g/mol. The second-order valence-electron chi connectivity index (χ2n) is 15.9. The molecule has 1 spiro atoms. The van der Waals surface area contributed by atoms with Crippen LogP contribution in [0.2, 0.25) is 0 Å². The standard InChI is InChI=1S/C42H43N5O9S/c1-18-10-22-12-26-27(13-43)47-28-15-53-41(51)42(40-23(8-9-44-42)24-11-21(14-48)6-7-25(24)45-40)16-57-39(33(47)32(46(26)4)29(22)34(50)35(18)52-5)31-30(28)38-37(54-17-55-38)19(2)36(31)56-20(3)49/h6-7,10-11,26-28,32-33,39,44-45,48,50H,8-9,12,14-17H2,1-5H3/t26-,27-,28?,32+,33+,39+,42+/m0/s1. The number of aliphatic hydroxyl groups excluding tert-OH is 1. The van der Waals surface area contributed by atoms with Crippen molar-refractivity contribution < 1.29 is 43.5 Å². The number of carbonyl (C=O) groups is 2. The lowest BCUT2D eigenvalue weighted by Crippen LogP contribution is -2.69. The minimum Gasteiger partial charge on any atom is -0.504 e. The van der Waals surface area contributed by atoms with Crippen molar-refractivity contribution in [1.82, 2.24) is 20.1 Å². The van der Waals surface area contributed by atoms with Gasteiger partial charge in [-0.1, -0.05) is 12.1 Å². The summed E-state index contributed by atoms with van der Waals surface area (Å²) >= 11 is 1.52. The van der Waals surface area contributed by atoms with E-state index in [9.17, 15) is 25.1 Å². The third-order valence-corrected chi connectivity index (χ3v) is 14.6. The van der Waals surface area contributed by atoms with Crippen molar-refractivity contribution in [2.24, 2.45) is 0 Å². The number of H-pyrrole nitrogens is 1. The lowest BCUT2D eigenvalue weighted by molar-refractivity contribution is -0.157. The Labute approximate surface area is 332 Å². The number of aryl methyl sites for hydroxylation is 1. The third kappa shape index (κ3) is 4.91. The van der Waals surface area contributed by atoms with Gasteiger partial charge in [0.1, 0.15) is 18.4 Å². The molecule has 4 bridgehead atoms. The lowest BCUT2D eigenvalue weighted by atomic mass is 9.71. The molecule has 1 aromatic heterocycles. The van der Waals surface area contributed by atoms with Gasteiger partial charge in [0.2, 0.25) is 6.79 Å². The number of rotatable bonds is 3. The number of esters is 2. The Bertz CT molecular complexity index is 2460. The van der Waals surface area contributed by atoms with Crippen molar-refractivity contribution in [2.75, 3.05) is 39.9 Å². The van der Waals surface area contributed by atoms with Crippen LogP contribution in [0.15, 0.2) is 24.3 Å². The van der Waals surface area contributed by atoms with Gasteiger partial charge >= 0.3 is 11.9 Å². The molecule has 1 unspecified atom stereocenters. The second-order valence-corrected chi connectivity index (χ2v) is 17.1. The minimum atomic E-state index is -1.31. The molecule has 0 amide bonds. The highest BCUT2D eigenvalue weighted by Crippen LogP contribution is 2.64. The number of ether oxygens (including phenoxy) is 5. The molecule has 14 nitrogen and oxygen atoms in total. The number of benzene rings is 3. The summed E-state index contributed by atoms with van der Waals surface area (Å²) in [6, 6.07) is 7.80. The maximum Gasteiger partial charge on any atom is 0.333 e. The Morgan fingerprint density at radius 3 is 2.70 bits per heavy atom. The molecule has 4 aromatic rings. The van der Waals surface area contributed by atoms with E-state index in [0.29, 0.717) is 64.8 Å². The summed E-state index contributed by atoms with van der Waals surface area (Å²) in [6.45, 7) is 5.31. The van der Waals surface area contributed by atoms with Crippen molar-refractivity contribution in [3.63, 3.8) is 0 Å². The van der Waals surface area contributed by atoms with E-state index in [1.807, 2.05) is 39.1 Å². The Morgan fingerprint density at radius 1 is 1.14 bits per heavy atom. The van der Waals surface area contributed by atoms with Gasteiger partial charge in [0.25, 0.3) is 0 Å². The molecule has 7 atom stereocenters. The number of phenolic OH excluding ortho intramolecular Hbond substituents is 1. The van der Waals surface area contributed by atoms with Crippen molar-refractivity contribution >= 4 is 34.6 Å². The number of hydrogen-bond acceptors (Lipinski definition) is 14. The Kier molecular flexibility index (Phi) is 8.31. The Hall–Kier alpha value is -4.98. The van der Waals surface area contributed by atoms with Crippen LogP contribution in [0, 0.1) is 25.2 Å². The van der Waals surface area contributed by atoms with Crippen LogP contribution in [0.3, 0.4) is 0 Å². The molecule has 0 saturated carbocycles. The number of phenols is 1. The van der Waals surface area contributed by atoms with Crippen LogP contribution in [0.5, 0.6) is 28.7 Å². The number of aliphatic hydroxyl groups is 1. The van der Waals surface area contributed by atoms with Crippen molar-refractivity contribution in [3.05, 3.63) is 74.5 Å².